The van der Waals surface area contributed by atoms with E-state index in [4.69, 9.17) is 5.11 Å². The maximum atomic E-state index is 11.5. The van der Waals surface area contributed by atoms with Crippen LogP contribution in [-0.2, 0) is 14.3 Å². The van der Waals surface area contributed by atoms with Gasteiger partial charge in [-0.15, -0.1) is 0 Å². The minimum absolute atomic E-state index is 0.195. The number of aliphatic carboxylic acids is 1. The van der Waals surface area contributed by atoms with Gasteiger partial charge in [0.1, 0.15) is 12.2 Å². The van der Waals surface area contributed by atoms with Crippen LogP contribution in [0.4, 0.5) is 0 Å². The highest BCUT2D eigenvalue weighted by Gasteiger charge is 2.41. The molecule has 0 aromatic heterocycles. The van der Waals surface area contributed by atoms with Crippen molar-refractivity contribution in [2.45, 2.75) is 95.7 Å². The van der Waals surface area contributed by atoms with E-state index in [2.05, 4.69) is 15.4 Å². The summed E-state index contributed by atoms with van der Waals surface area (Å²) >= 11 is 0. The van der Waals surface area contributed by atoms with E-state index in [9.17, 15) is 40.2 Å². The summed E-state index contributed by atoms with van der Waals surface area (Å²) in [6.45, 7) is 7.07. The number of methoxy groups -OCH3 is 1. The van der Waals surface area contributed by atoms with E-state index in [1.54, 1.807) is 27.7 Å². The molecule has 0 radical (unpaired) electrons. The van der Waals surface area contributed by atoms with Gasteiger partial charge in [-0.2, -0.15) is 0 Å². The normalized spacial score (nSPS) is 34.6. The number of rotatable bonds is 7. The Balaban J connectivity index is 0.000000340. The monoisotopic (exact) mass is 494 g/mol. The number of hydrogen-bond donors (Lipinski definition) is 9. The topological polar surface area (TPSA) is 209 Å². The van der Waals surface area contributed by atoms with E-state index in [1.807, 2.05) is 0 Å². The van der Waals surface area contributed by atoms with E-state index in [0.29, 0.717) is 19.3 Å². The number of β-amino-alcohol motifs (C(OH)–C–C–N with tert-alkyl or cyclic N) is 2. The number of carbonyl (C=O) groups excluding carboxylic acids is 1. The summed E-state index contributed by atoms with van der Waals surface area (Å²) in [6, 6.07) is -0.825. The van der Waals surface area contributed by atoms with Crippen LogP contribution in [0, 0.1) is 10.8 Å². The van der Waals surface area contributed by atoms with Crippen LogP contribution in [0.25, 0.3) is 0 Å². The number of hydrogen-bond acceptors (Lipinski definition) is 11. The molecule has 9 N–H and O–H groups in total. The fourth-order valence-corrected chi connectivity index (χ4v) is 3.96. The van der Waals surface area contributed by atoms with E-state index >= 15 is 0 Å². The van der Waals surface area contributed by atoms with Gasteiger partial charge in [-0.1, -0.05) is 0 Å². The second-order valence-corrected chi connectivity index (χ2v) is 10.4. The highest BCUT2D eigenvalue weighted by molar-refractivity contribution is 5.75. The lowest BCUT2D eigenvalue weighted by Gasteiger charge is -2.39. The molecule has 200 valence electrons. The molecule has 0 aromatic carbocycles. The second kappa shape index (κ2) is 12.5. The van der Waals surface area contributed by atoms with Crippen molar-refractivity contribution in [2.75, 3.05) is 20.2 Å². The molecule has 0 bridgehead atoms. The Bertz CT molecular complexity index is 674. The standard InChI is InChI=1S/2C11H21NO5/c1-11(2,10(16)17-3)4-6-8(14)9(15)7(13)5-12-6;1-11(2,10(16)17)4-3-6-8(14)9(15)7(13)5-12-6/h6-9,12-15H,4-5H2,1-3H3;6-9,12-15H,3-5H2,1-2H3,(H,16,17)/t2*6-,7+,8-,9-/m11/s1. The van der Waals surface area contributed by atoms with Gasteiger partial charge < -0.3 is 51.1 Å². The van der Waals surface area contributed by atoms with Gasteiger partial charge in [-0.3, -0.25) is 9.59 Å². The molecule has 0 spiro atoms. The van der Waals surface area contributed by atoms with Gasteiger partial charge in [0.05, 0.1) is 42.4 Å². The van der Waals surface area contributed by atoms with Crippen LogP contribution in [0.1, 0.15) is 47.0 Å². The number of carboxylic acids is 1. The summed E-state index contributed by atoms with van der Waals surface area (Å²) in [5, 5.41) is 72.0. The van der Waals surface area contributed by atoms with Crippen molar-refractivity contribution in [2.24, 2.45) is 10.8 Å². The molecule has 0 amide bonds. The minimum atomic E-state index is -1.19. The Morgan fingerprint density at radius 3 is 1.68 bits per heavy atom. The molecular weight excluding hydrogens is 452 g/mol. The van der Waals surface area contributed by atoms with Crippen molar-refractivity contribution in [1.29, 1.82) is 0 Å². The molecule has 12 nitrogen and oxygen atoms in total. The molecule has 0 saturated carbocycles. The lowest BCUT2D eigenvalue weighted by atomic mass is 9.81. The molecule has 0 aliphatic carbocycles. The predicted octanol–water partition coefficient (Wildman–Crippen LogP) is -2.44. The van der Waals surface area contributed by atoms with Crippen molar-refractivity contribution in [1.82, 2.24) is 10.6 Å². The van der Waals surface area contributed by atoms with E-state index in [1.165, 1.54) is 7.11 Å². The van der Waals surface area contributed by atoms with Crippen LogP contribution in [0.5, 0.6) is 0 Å². The van der Waals surface area contributed by atoms with E-state index < -0.39 is 59.5 Å². The third kappa shape index (κ3) is 8.09. The maximum absolute atomic E-state index is 11.5. The molecule has 2 rings (SSSR count). The van der Waals surface area contributed by atoms with Gasteiger partial charge in [-0.05, 0) is 47.0 Å². The molecule has 2 saturated heterocycles. The lowest BCUT2D eigenvalue weighted by Crippen LogP contribution is -2.60. The van der Waals surface area contributed by atoms with Crippen LogP contribution in [0.15, 0.2) is 0 Å². The number of carbonyl (C=O) groups is 2. The van der Waals surface area contributed by atoms with E-state index in [0.717, 1.165) is 0 Å². The maximum Gasteiger partial charge on any atom is 0.311 e. The minimum Gasteiger partial charge on any atom is -0.481 e. The van der Waals surface area contributed by atoms with Crippen LogP contribution >= 0.6 is 0 Å². The zero-order valence-electron chi connectivity index (χ0n) is 20.5. The number of esters is 1. The Morgan fingerprint density at radius 2 is 1.24 bits per heavy atom. The van der Waals surface area contributed by atoms with Crippen LogP contribution in [0.3, 0.4) is 0 Å². The smallest absolute Gasteiger partial charge is 0.311 e. The Kier molecular flexibility index (Phi) is 11.3. The van der Waals surface area contributed by atoms with Crippen molar-refractivity contribution < 1.29 is 50.1 Å². The molecule has 2 fully saturated rings. The molecule has 8 atom stereocenters. The average Bonchev–Trinajstić information content (AvgIpc) is 2.77. The van der Waals surface area contributed by atoms with Gasteiger partial charge in [0, 0.05) is 25.2 Å². The highest BCUT2D eigenvalue weighted by atomic mass is 16.5. The Morgan fingerprint density at radius 1 is 0.794 bits per heavy atom. The number of aliphatic hydroxyl groups excluding tert-OH is 6. The first-order valence-corrected chi connectivity index (χ1v) is 11.4. The Hall–Kier alpha value is -1.38. The van der Waals surface area contributed by atoms with Crippen molar-refractivity contribution >= 4 is 11.9 Å². The lowest BCUT2D eigenvalue weighted by molar-refractivity contribution is -0.153. The first kappa shape index (κ1) is 30.7. The fourth-order valence-electron chi connectivity index (χ4n) is 3.96. The number of aliphatic hydroxyl groups is 6. The highest BCUT2D eigenvalue weighted by Crippen LogP contribution is 2.28. The summed E-state index contributed by atoms with van der Waals surface area (Å²) in [5.74, 6) is -1.25. The van der Waals surface area contributed by atoms with Crippen LogP contribution in [-0.4, -0.2) is 117 Å². The third-order valence-corrected chi connectivity index (χ3v) is 6.62. The first-order chi connectivity index (χ1) is 15.5. The predicted molar refractivity (Wildman–Crippen MR) is 121 cm³/mol. The van der Waals surface area contributed by atoms with Crippen LogP contribution < -0.4 is 10.6 Å². The van der Waals surface area contributed by atoms with Gasteiger partial charge in [0.25, 0.3) is 0 Å². The molecular formula is C22H42N2O10. The summed E-state index contributed by atoms with van der Waals surface area (Å²) in [5.41, 5.74) is -1.61. The molecule has 34 heavy (non-hydrogen) atoms. The number of piperidine rings is 2. The van der Waals surface area contributed by atoms with Gasteiger partial charge in [0.15, 0.2) is 0 Å². The largest absolute Gasteiger partial charge is 0.481 e. The van der Waals surface area contributed by atoms with Crippen molar-refractivity contribution in [3.05, 3.63) is 0 Å². The summed E-state index contributed by atoms with van der Waals surface area (Å²) < 4.78 is 4.68. The quantitative estimate of drug-likeness (QED) is 0.169. The molecule has 0 unspecified atom stereocenters. The summed E-state index contributed by atoms with van der Waals surface area (Å²) in [6.07, 6.45) is -5.33. The average molecular weight is 495 g/mol. The molecule has 2 aliphatic heterocycles. The second-order valence-electron chi connectivity index (χ2n) is 10.4. The Labute approximate surface area is 199 Å². The van der Waals surface area contributed by atoms with Gasteiger partial charge >= 0.3 is 11.9 Å². The third-order valence-electron chi connectivity index (χ3n) is 6.62. The van der Waals surface area contributed by atoms with E-state index in [-0.39, 0.29) is 25.1 Å². The number of carboxylic acid groups (broad SMARTS) is 1. The fraction of sp³-hybridized carbons (Fsp3) is 0.909. The van der Waals surface area contributed by atoms with Crippen molar-refractivity contribution in [3.8, 4) is 0 Å². The molecule has 2 heterocycles. The molecule has 0 aromatic rings. The van der Waals surface area contributed by atoms with Gasteiger partial charge in [-0.25, -0.2) is 0 Å². The SMILES string of the molecule is CC(C)(CC[C@H]1NC[C@H](O)[C@@H](O)[C@@H]1O)C(=O)O.COC(=O)C(C)(C)C[C@H]1NC[C@H](O)[C@@H](O)[C@@H]1O. The summed E-state index contributed by atoms with van der Waals surface area (Å²) in [4.78, 5) is 22.4. The molecule has 12 heteroatoms. The zero-order valence-corrected chi connectivity index (χ0v) is 20.5. The van der Waals surface area contributed by atoms with Crippen molar-refractivity contribution in [3.63, 3.8) is 0 Å². The summed E-state index contributed by atoms with van der Waals surface area (Å²) in [7, 11) is 1.31. The zero-order chi connectivity index (χ0) is 26.4. The van der Waals surface area contributed by atoms with Gasteiger partial charge in [0.2, 0.25) is 0 Å². The first-order valence-electron chi connectivity index (χ1n) is 11.4. The molecule has 2 aliphatic rings. The van der Waals surface area contributed by atoms with Crippen LogP contribution in [0.2, 0.25) is 0 Å². The number of ether oxygens (including phenoxy) is 1. The number of nitrogens with one attached hydrogen (secondary N) is 2.